The maximum Gasteiger partial charge on any atom is 0.301 e. The number of ether oxygens (including phenoxy) is 2. The number of thiazole rings is 1. The molecule has 2 aliphatic rings. The molecule has 1 aromatic heterocycles. The van der Waals surface area contributed by atoms with E-state index in [0.717, 1.165) is 10.3 Å². The third kappa shape index (κ3) is 3.90. The molecule has 38 heavy (non-hydrogen) atoms. The Morgan fingerprint density at radius 3 is 2.79 bits per heavy atom. The van der Waals surface area contributed by atoms with E-state index in [1.165, 1.54) is 34.4 Å². The lowest BCUT2D eigenvalue weighted by Gasteiger charge is -2.23. The Morgan fingerprint density at radius 2 is 2.00 bits per heavy atom. The summed E-state index contributed by atoms with van der Waals surface area (Å²) in [7, 11) is 0. The van der Waals surface area contributed by atoms with Gasteiger partial charge in [0, 0.05) is 17.5 Å². The summed E-state index contributed by atoms with van der Waals surface area (Å²) < 4.78 is 27.2. The minimum Gasteiger partial charge on any atom is -0.507 e. The van der Waals surface area contributed by atoms with Crippen LogP contribution in [-0.4, -0.2) is 34.5 Å². The number of nitrogens with zero attached hydrogens (tertiary/aromatic N) is 2. The summed E-state index contributed by atoms with van der Waals surface area (Å²) in [5.41, 5.74) is 1.73. The summed E-state index contributed by atoms with van der Waals surface area (Å²) in [6.07, 6.45) is 0.644. The van der Waals surface area contributed by atoms with Gasteiger partial charge in [-0.05, 0) is 61.9 Å². The smallest absolute Gasteiger partial charge is 0.301 e. The second kappa shape index (κ2) is 9.25. The van der Waals surface area contributed by atoms with Gasteiger partial charge in [0.05, 0.1) is 22.4 Å². The first-order valence-corrected chi connectivity index (χ1v) is 13.1. The Bertz CT molecular complexity index is 1650. The van der Waals surface area contributed by atoms with Crippen molar-refractivity contribution in [2.75, 3.05) is 11.5 Å². The fourth-order valence-electron chi connectivity index (χ4n) is 5.00. The molecule has 2 aliphatic heterocycles. The van der Waals surface area contributed by atoms with Crippen molar-refractivity contribution in [3.63, 3.8) is 0 Å². The Kier molecular flexibility index (Phi) is 5.87. The summed E-state index contributed by atoms with van der Waals surface area (Å²) in [6.45, 7) is 4.32. The van der Waals surface area contributed by atoms with Crippen molar-refractivity contribution >= 4 is 44.1 Å². The van der Waals surface area contributed by atoms with Crippen LogP contribution in [0.4, 0.5) is 9.52 Å². The van der Waals surface area contributed by atoms with Gasteiger partial charge in [-0.1, -0.05) is 29.5 Å². The molecule has 1 fully saturated rings. The van der Waals surface area contributed by atoms with E-state index in [1.54, 1.807) is 36.4 Å². The van der Waals surface area contributed by atoms with E-state index in [0.29, 0.717) is 35.6 Å². The van der Waals surface area contributed by atoms with E-state index in [2.05, 4.69) is 4.98 Å². The first-order chi connectivity index (χ1) is 18.4. The molecule has 0 radical (unpaired) electrons. The lowest BCUT2D eigenvalue weighted by Crippen LogP contribution is -2.29. The number of aliphatic hydroxyl groups is 1. The molecule has 0 spiro atoms. The number of aliphatic hydroxyl groups excluding tert-OH is 1. The maximum atomic E-state index is 15.2. The lowest BCUT2D eigenvalue weighted by molar-refractivity contribution is -0.132. The van der Waals surface area contributed by atoms with Crippen molar-refractivity contribution < 1.29 is 28.6 Å². The maximum absolute atomic E-state index is 15.2. The lowest BCUT2D eigenvalue weighted by atomic mass is 9.94. The number of aromatic nitrogens is 1. The Morgan fingerprint density at radius 1 is 1.18 bits per heavy atom. The molecule has 4 aromatic rings. The minimum atomic E-state index is -1.20. The predicted molar refractivity (Wildman–Crippen MR) is 142 cm³/mol. The third-order valence-corrected chi connectivity index (χ3v) is 7.70. The van der Waals surface area contributed by atoms with Gasteiger partial charge in [0.15, 0.2) is 5.13 Å². The largest absolute Gasteiger partial charge is 0.507 e. The average Bonchev–Trinajstić information content (AvgIpc) is 3.56. The number of anilines is 1. The van der Waals surface area contributed by atoms with Gasteiger partial charge in [-0.15, -0.1) is 0 Å². The van der Waals surface area contributed by atoms with Gasteiger partial charge in [-0.2, -0.15) is 0 Å². The van der Waals surface area contributed by atoms with Crippen LogP contribution in [-0.2, 0) is 16.0 Å². The highest BCUT2D eigenvalue weighted by Crippen LogP contribution is 2.45. The second-order valence-corrected chi connectivity index (χ2v) is 10.2. The van der Waals surface area contributed by atoms with Crippen LogP contribution >= 0.6 is 11.3 Å². The fourth-order valence-corrected chi connectivity index (χ4v) is 6.02. The first kappa shape index (κ1) is 24.1. The number of halogens is 1. The van der Waals surface area contributed by atoms with E-state index >= 15 is 4.39 Å². The van der Waals surface area contributed by atoms with Gasteiger partial charge >= 0.3 is 5.91 Å². The zero-order valence-electron chi connectivity index (χ0n) is 20.6. The van der Waals surface area contributed by atoms with E-state index in [9.17, 15) is 14.7 Å². The highest BCUT2D eigenvalue weighted by molar-refractivity contribution is 7.22. The first-order valence-electron chi connectivity index (χ1n) is 12.2. The number of amides is 1. The van der Waals surface area contributed by atoms with E-state index < -0.39 is 23.5 Å². The number of benzene rings is 3. The topological polar surface area (TPSA) is 89.0 Å². The molecule has 192 valence electrons. The minimum absolute atomic E-state index is 0.00586. The van der Waals surface area contributed by atoms with Crippen molar-refractivity contribution in [3.8, 4) is 11.5 Å². The number of fused-ring (bicyclic) bond motifs is 2. The molecule has 1 amide bonds. The molecular formula is C29H23FN2O5S. The molecule has 1 N–H and O–H groups in total. The van der Waals surface area contributed by atoms with Crippen LogP contribution in [0.5, 0.6) is 11.5 Å². The standard InChI is InChI=1S/C29H23FN2O5S/c1-3-36-18-9-10-21-23(14-18)38-29(31-21)32-25(19-6-4-5-7-20(19)30)24(27(34)28(32)35)26(33)16-8-11-22-17(13-16)12-15(2)37-22/h4-11,13-15,25,33H,3,12H2,1-2H3/b26-24+/t15-,25+/m1/s1. The number of Topliss-reactive ketones (excluding diaryl/α,β-unsaturated/α-hetero) is 1. The van der Waals surface area contributed by atoms with E-state index in [-0.39, 0.29) is 28.1 Å². The number of hydrogen-bond acceptors (Lipinski definition) is 7. The van der Waals surface area contributed by atoms with Gasteiger partial charge in [0.25, 0.3) is 5.78 Å². The number of carbonyl (C=O) groups excluding carboxylic acids is 2. The van der Waals surface area contributed by atoms with Crippen LogP contribution in [0, 0.1) is 5.82 Å². The third-order valence-electron chi connectivity index (χ3n) is 6.68. The van der Waals surface area contributed by atoms with Crippen LogP contribution in [0.2, 0.25) is 0 Å². The van der Waals surface area contributed by atoms with Crippen molar-refractivity contribution in [2.24, 2.45) is 0 Å². The monoisotopic (exact) mass is 530 g/mol. The summed E-state index contributed by atoms with van der Waals surface area (Å²) in [5.74, 6) is -1.41. The Labute approximate surface area is 221 Å². The Hall–Kier alpha value is -4.24. The summed E-state index contributed by atoms with van der Waals surface area (Å²) in [5, 5.41) is 11.6. The van der Waals surface area contributed by atoms with Gasteiger partial charge in [-0.3, -0.25) is 14.5 Å². The average molecular weight is 531 g/mol. The molecule has 3 heterocycles. The van der Waals surface area contributed by atoms with Crippen LogP contribution in [0.3, 0.4) is 0 Å². The molecular weight excluding hydrogens is 507 g/mol. The summed E-state index contributed by atoms with van der Waals surface area (Å²) in [6, 6.07) is 15.2. The highest BCUT2D eigenvalue weighted by Gasteiger charge is 2.49. The SMILES string of the molecule is CCOc1ccc2nc(N3C(=O)C(=O)/C(=C(/O)c4ccc5c(c4)C[C@@H](C)O5)[C@@H]3c3ccccc3F)sc2c1. The van der Waals surface area contributed by atoms with Crippen LogP contribution in [0.25, 0.3) is 16.0 Å². The molecule has 7 nitrogen and oxygen atoms in total. The molecule has 9 heteroatoms. The van der Waals surface area contributed by atoms with Gasteiger partial charge in [-0.25, -0.2) is 9.37 Å². The fraction of sp³-hybridized carbons (Fsp3) is 0.207. The molecule has 1 saturated heterocycles. The van der Waals surface area contributed by atoms with Crippen molar-refractivity contribution in [3.05, 3.63) is 88.7 Å². The quantitative estimate of drug-likeness (QED) is 0.200. The van der Waals surface area contributed by atoms with E-state index in [1.807, 2.05) is 19.9 Å². The predicted octanol–water partition coefficient (Wildman–Crippen LogP) is 5.78. The van der Waals surface area contributed by atoms with Crippen LogP contribution < -0.4 is 14.4 Å². The van der Waals surface area contributed by atoms with Gasteiger partial charge in [0.2, 0.25) is 0 Å². The van der Waals surface area contributed by atoms with E-state index in [4.69, 9.17) is 9.47 Å². The summed E-state index contributed by atoms with van der Waals surface area (Å²) in [4.78, 5) is 32.7. The highest BCUT2D eigenvalue weighted by atomic mass is 32.1. The zero-order chi connectivity index (χ0) is 26.6. The summed E-state index contributed by atoms with van der Waals surface area (Å²) >= 11 is 1.19. The molecule has 3 aromatic carbocycles. The molecule has 2 atom stereocenters. The number of ketones is 1. The van der Waals surface area contributed by atoms with Gasteiger partial charge in [0.1, 0.15) is 35.2 Å². The second-order valence-electron chi connectivity index (χ2n) is 9.20. The van der Waals surface area contributed by atoms with Crippen LogP contribution in [0.15, 0.2) is 66.2 Å². The normalized spacial score (nSPS) is 20.1. The zero-order valence-corrected chi connectivity index (χ0v) is 21.4. The molecule has 0 aliphatic carbocycles. The van der Waals surface area contributed by atoms with Crippen molar-refractivity contribution in [2.45, 2.75) is 32.4 Å². The molecule has 0 bridgehead atoms. The Balaban J connectivity index is 1.52. The van der Waals surface area contributed by atoms with Crippen LogP contribution in [0.1, 0.15) is 36.6 Å². The molecule has 0 saturated carbocycles. The number of hydrogen-bond donors (Lipinski definition) is 1. The number of rotatable bonds is 5. The molecule has 6 rings (SSSR count). The van der Waals surface area contributed by atoms with Gasteiger partial charge < -0.3 is 14.6 Å². The van der Waals surface area contributed by atoms with Crippen molar-refractivity contribution in [1.29, 1.82) is 0 Å². The van der Waals surface area contributed by atoms with Crippen molar-refractivity contribution in [1.82, 2.24) is 4.98 Å². The number of carbonyl (C=O) groups is 2. The molecule has 0 unspecified atom stereocenters.